The maximum atomic E-state index is 11.0. The van der Waals surface area contributed by atoms with Gasteiger partial charge in [-0.15, -0.1) is 0 Å². The number of aliphatic carboxylic acids is 1. The van der Waals surface area contributed by atoms with Crippen LogP contribution in [-0.2, 0) is 11.2 Å². The Morgan fingerprint density at radius 1 is 1.05 bits per heavy atom. The number of hydrogen-bond acceptors (Lipinski definition) is 2. The summed E-state index contributed by atoms with van der Waals surface area (Å²) < 4.78 is 0. The summed E-state index contributed by atoms with van der Waals surface area (Å²) >= 11 is 0. The molecule has 2 atom stereocenters. The molecule has 0 spiro atoms. The Morgan fingerprint density at radius 3 is 2.57 bits per heavy atom. The molecular weight excluding hydrogens is 268 g/mol. The fourth-order valence-corrected chi connectivity index (χ4v) is 2.82. The highest BCUT2D eigenvalue weighted by molar-refractivity contribution is 5.90. The van der Waals surface area contributed by atoms with Gasteiger partial charge in [0, 0.05) is 5.92 Å². The van der Waals surface area contributed by atoms with E-state index in [0.717, 1.165) is 17.5 Å². The molecule has 2 unspecified atom stereocenters. The highest BCUT2D eigenvalue weighted by atomic mass is 16.4. The monoisotopic (exact) mass is 282 g/mol. The summed E-state index contributed by atoms with van der Waals surface area (Å²) in [5.74, 6) is -1.63. The van der Waals surface area contributed by atoms with Gasteiger partial charge in [0.25, 0.3) is 0 Å². The van der Waals surface area contributed by atoms with Gasteiger partial charge in [0.1, 0.15) is 0 Å². The molecule has 0 saturated carbocycles. The van der Waals surface area contributed by atoms with Crippen LogP contribution < -0.4 is 0 Å². The first kappa shape index (κ1) is 13.4. The quantitative estimate of drug-likeness (QED) is 0.874. The van der Waals surface area contributed by atoms with Gasteiger partial charge in [0.2, 0.25) is 0 Å². The van der Waals surface area contributed by atoms with Crippen molar-refractivity contribution in [3.63, 3.8) is 0 Å². The van der Waals surface area contributed by atoms with Crippen molar-refractivity contribution in [3.8, 4) is 0 Å². The first-order valence-corrected chi connectivity index (χ1v) is 6.72. The molecule has 0 fully saturated rings. The number of aromatic carboxylic acids is 1. The summed E-state index contributed by atoms with van der Waals surface area (Å²) in [6, 6.07) is 5.12. The van der Waals surface area contributed by atoms with Crippen LogP contribution in [-0.4, -0.2) is 22.2 Å². The van der Waals surface area contributed by atoms with Gasteiger partial charge in [-0.1, -0.05) is 36.4 Å². The molecule has 21 heavy (non-hydrogen) atoms. The number of fused-ring (bicyclic) bond motifs is 2. The van der Waals surface area contributed by atoms with Crippen molar-refractivity contribution in [3.05, 3.63) is 64.8 Å². The number of hydrogen-bond donors (Lipinski definition) is 2. The second-order valence-electron chi connectivity index (χ2n) is 5.31. The third kappa shape index (κ3) is 2.52. The lowest BCUT2D eigenvalue weighted by atomic mass is 9.83. The molecule has 0 amide bonds. The zero-order valence-electron chi connectivity index (χ0n) is 11.2. The van der Waals surface area contributed by atoms with E-state index in [2.05, 4.69) is 0 Å². The van der Waals surface area contributed by atoms with E-state index in [9.17, 15) is 9.59 Å². The minimum absolute atomic E-state index is 0.0294. The van der Waals surface area contributed by atoms with E-state index in [1.165, 1.54) is 0 Å². The number of carboxylic acid groups (broad SMARTS) is 2. The Morgan fingerprint density at radius 2 is 1.86 bits per heavy atom. The molecule has 3 rings (SSSR count). The van der Waals surface area contributed by atoms with Gasteiger partial charge < -0.3 is 10.2 Å². The van der Waals surface area contributed by atoms with Gasteiger partial charge >= 0.3 is 11.9 Å². The van der Waals surface area contributed by atoms with Gasteiger partial charge in [-0.3, -0.25) is 0 Å². The number of allylic oxidation sites excluding steroid dienone is 3. The van der Waals surface area contributed by atoms with E-state index in [4.69, 9.17) is 10.2 Å². The zero-order valence-corrected chi connectivity index (χ0v) is 11.2. The molecule has 0 radical (unpaired) electrons. The molecule has 0 aromatic heterocycles. The van der Waals surface area contributed by atoms with E-state index < -0.39 is 11.9 Å². The molecule has 2 aliphatic carbocycles. The third-order valence-electron chi connectivity index (χ3n) is 3.98. The summed E-state index contributed by atoms with van der Waals surface area (Å²) in [7, 11) is 0. The number of benzene rings is 1. The molecule has 4 nitrogen and oxygen atoms in total. The minimum atomic E-state index is -0.944. The normalized spacial score (nSPS) is 22.8. The second-order valence-corrected chi connectivity index (χ2v) is 5.31. The van der Waals surface area contributed by atoms with E-state index in [-0.39, 0.29) is 17.4 Å². The predicted octanol–water partition coefficient (Wildman–Crippen LogP) is 2.77. The largest absolute Gasteiger partial charge is 0.478 e. The second kappa shape index (κ2) is 5.05. The average molecular weight is 282 g/mol. The van der Waals surface area contributed by atoms with Gasteiger partial charge in [-0.05, 0) is 35.6 Å². The van der Waals surface area contributed by atoms with Crippen LogP contribution in [0.2, 0.25) is 0 Å². The molecule has 1 aromatic carbocycles. The topological polar surface area (TPSA) is 74.6 Å². The van der Waals surface area contributed by atoms with Crippen LogP contribution in [0.1, 0.15) is 21.5 Å². The van der Waals surface area contributed by atoms with Gasteiger partial charge in [0.05, 0.1) is 11.1 Å². The molecule has 0 aliphatic heterocycles. The number of rotatable bonds is 2. The Kier molecular flexibility index (Phi) is 3.22. The Bertz CT molecular complexity index is 710. The van der Waals surface area contributed by atoms with Crippen LogP contribution in [0.5, 0.6) is 0 Å². The van der Waals surface area contributed by atoms with Crippen molar-refractivity contribution < 1.29 is 19.8 Å². The van der Waals surface area contributed by atoms with Crippen LogP contribution in [0.25, 0.3) is 6.08 Å². The van der Waals surface area contributed by atoms with Crippen molar-refractivity contribution in [2.45, 2.75) is 6.42 Å². The SMILES string of the molecule is O=C(O)C1=CC2C=Cc3cc(C(=O)O)ccc3CC2C=C1. The van der Waals surface area contributed by atoms with Crippen molar-refractivity contribution in [2.24, 2.45) is 11.8 Å². The predicted molar refractivity (Wildman–Crippen MR) is 78.0 cm³/mol. The fourth-order valence-electron chi connectivity index (χ4n) is 2.82. The van der Waals surface area contributed by atoms with Crippen LogP contribution in [0.3, 0.4) is 0 Å². The van der Waals surface area contributed by atoms with Crippen LogP contribution in [0.4, 0.5) is 0 Å². The molecule has 4 heteroatoms. The van der Waals surface area contributed by atoms with Crippen molar-refractivity contribution in [1.29, 1.82) is 0 Å². The maximum absolute atomic E-state index is 11.0. The smallest absolute Gasteiger partial charge is 0.335 e. The van der Waals surface area contributed by atoms with Crippen LogP contribution in [0, 0.1) is 11.8 Å². The zero-order chi connectivity index (χ0) is 15.0. The van der Waals surface area contributed by atoms with E-state index in [1.807, 2.05) is 24.3 Å². The Balaban J connectivity index is 1.97. The Hall–Kier alpha value is -2.62. The van der Waals surface area contributed by atoms with Crippen LogP contribution >= 0.6 is 0 Å². The van der Waals surface area contributed by atoms with E-state index in [0.29, 0.717) is 5.57 Å². The van der Waals surface area contributed by atoms with Crippen LogP contribution in [0.15, 0.2) is 48.1 Å². The number of carbonyl (C=O) groups is 2. The highest BCUT2D eigenvalue weighted by Crippen LogP contribution is 2.32. The van der Waals surface area contributed by atoms with Crippen molar-refractivity contribution in [2.75, 3.05) is 0 Å². The molecular formula is C17H14O4. The molecule has 0 heterocycles. The lowest BCUT2D eigenvalue weighted by molar-refractivity contribution is -0.132. The van der Waals surface area contributed by atoms with Gasteiger partial charge in [0.15, 0.2) is 0 Å². The van der Waals surface area contributed by atoms with E-state index >= 15 is 0 Å². The Labute approximate surface area is 121 Å². The van der Waals surface area contributed by atoms with Gasteiger partial charge in [-0.25, -0.2) is 9.59 Å². The summed E-state index contributed by atoms with van der Waals surface area (Å²) in [4.78, 5) is 22.1. The average Bonchev–Trinajstić information content (AvgIpc) is 2.64. The lowest BCUT2D eigenvalue weighted by Crippen LogP contribution is -2.16. The van der Waals surface area contributed by atoms with Gasteiger partial charge in [-0.2, -0.15) is 0 Å². The summed E-state index contributed by atoms with van der Waals surface area (Å²) in [6.07, 6.45) is 9.95. The van der Waals surface area contributed by atoms with Crippen molar-refractivity contribution >= 4 is 18.0 Å². The lowest BCUT2D eigenvalue weighted by Gasteiger charge is -2.21. The first-order valence-electron chi connectivity index (χ1n) is 6.72. The molecule has 1 aromatic rings. The molecule has 2 N–H and O–H groups in total. The molecule has 2 aliphatic rings. The first-order chi connectivity index (χ1) is 10.0. The highest BCUT2D eigenvalue weighted by Gasteiger charge is 2.24. The fraction of sp³-hybridized carbons (Fsp3) is 0.176. The molecule has 0 bridgehead atoms. The summed E-state index contributed by atoms with van der Waals surface area (Å²) in [5.41, 5.74) is 2.54. The third-order valence-corrected chi connectivity index (χ3v) is 3.98. The summed E-state index contributed by atoms with van der Waals surface area (Å²) in [6.45, 7) is 0. The van der Waals surface area contributed by atoms with Crippen molar-refractivity contribution in [1.82, 2.24) is 0 Å². The van der Waals surface area contributed by atoms with E-state index in [1.54, 1.807) is 24.3 Å². The molecule has 106 valence electrons. The summed E-state index contributed by atoms with van der Waals surface area (Å²) in [5, 5.41) is 18.1. The standard InChI is InChI=1S/C17H14O4/c18-16(19)14-5-3-10-7-11-4-6-15(17(20)21)9-13(11)2-1-12(10)8-14/h1-6,8-10,12H,7H2,(H,18,19)(H,20,21). The maximum Gasteiger partial charge on any atom is 0.335 e. The minimum Gasteiger partial charge on any atom is -0.478 e. The number of carboxylic acids is 2. The molecule has 0 saturated heterocycles.